The molecule has 3 N–H and O–H groups in total. The van der Waals surface area contributed by atoms with Crippen molar-refractivity contribution in [2.24, 2.45) is 4.99 Å². The lowest BCUT2D eigenvalue weighted by molar-refractivity contribution is -0.116. The highest BCUT2D eigenvalue weighted by molar-refractivity contribution is 14.0. The molecule has 0 fully saturated rings. The normalized spacial score (nSPS) is 11.8. The standard InChI is InChI=1S/C22H29FN4O2.HI/c1-4-8-21(28)27-18-10-7-9-17(13-18)15-26-22(24-3)25-14-16(2)29-20-12-6-5-11-19(20)23;/h5-7,9-13,16H,4,8,14-15H2,1-3H3,(H,27,28)(H2,24,25,26);1H. The fraction of sp³-hybridized carbons (Fsp3) is 0.364. The Hall–Kier alpha value is -2.36. The predicted molar refractivity (Wildman–Crippen MR) is 130 cm³/mol. The minimum absolute atomic E-state index is 0. The number of halogens is 2. The minimum Gasteiger partial charge on any atom is -0.486 e. The summed E-state index contributed by atoms with van der Waals surface area (Å²) >= 11 is 0. The average Bonchev–Trinajstić information content (AvgIpc) is 2.70. The minimum atomic E-state index is -0.382. The molecule has 0 radical (unpaired) electrons. The highest BCUT2D eigenvalue weighted by Crippen LogP contribution is 2.16. The van der Waals surface area contributed by atoms with Crippen molar-refractivity contribution in [1.29, 1.82) is 0 Å². The number of nitrogens with one attached hydrogen (secondary N) is 3. The van der Waals surface area contributed by atoms with E-state index >= 15 is 0 Å². The van der Waals surface area contributed by atoms with Gasteiger partial charge in [0.15, 0.2) is 17.5 Å². The van der Waals surface area contributed by atoms with Gasteiger partial charge in [0.2, 0.25) is 5.91 Å². The van der Waals surface area contributed by atoms with Gasteiger partial charge < -0.3 is 20.7 Å². The Kier molecular flexibility index (Phi) is 11.8. The van der Waals surface area contributed by atoms with Crippen molar-refractivity contribution >= 4 is 41.5 Å². The Morgan fingerprint density at radius 2 is 1.93 bits per heavy atom. The number of para-hydroxylation sites is 1. The second kappa shape index (κ2) is 13.8. The first-order valence-corrected chi connectivity index (χ1v) is 9.76. The van der Waals surface area contributed by atoms with E-state index in [-0.39, 0.29) is 47.6 Å². The molecule has 0 aliphatic rings. The van der Waals surface area contributed by atoms with Crippen LogP contribution in [0.15, 0.2) is 53.5 Å². The van der Waals surface area contributed by atoms with Gasteiger partial charge in [-0.05, 0) is 43.2 Å². The van der Waals surface area contributed by atoms with Crippen LogP contribution in [-0.4, -0.2) is 31.6 Å². The molecule has 0 aromatic heterocycles. The number of rotatable bonds is 9. The van der Waals surface area contributed by atoms with E-state index in [0.717, 1.165) is 17.7 Å². The molecule has 0 heterocycles. The zero-order valence-electron chi connectivity index (χ0n) is 17.6. The van der Waals surface area contributed by atoms with Crippen LogP contribution in [0.3, 0.4) is 0 Å². The highest BCUT2D eigenvalue weighted by atomic mass is 127. The number of benzene rings is 2. The molecule has 0 aliphatic heterocycles. The summed E-state index contributed by atoms with van der Waals surface area (Å²) in [5.41, 5.74) is 1.79. The SMILES string of the molecule is CCCC(=O)Nc1cccc(CNC(=NC)NCC(C)Oc2ccccc2F)c1.I. The molecule has 0 saturated carbocycles. The number of guanidine groups is 1. The van der Waals surface area contributed by atoms with Gasteiger partial charge in [-0.15, -0.1) is 24.0 Å². The van der Waals surface area contributed by atoms with E-state index in [0.29, 0.717) is 25.5 Å². The second-order valence-corrected chi connectivity index (χ2v) is 6.66. The van der Waals surface area contributed by atoms with Gasteiger partial charge in [0.25, 0.3) is 0 Å². The van der Waals surface area contributed by atoms with Crippen molar-refractivity contribution in [3.05, 3.63) is 59.9 Å². The van der Waals surface area contributed by atoms with Crippen LogP contribution >= 0.6 is 24.0 Å². The molecule has 2 aromatic carbocycles. The summed E-state index contributed by atoms with van der Waals surface area (Å²) in [4.78, 5) is 15.9. The third kappa shape index (κ3) is 8.98. The summed E-state index contributed by atoms with van der Waals surface area (Å²) < 4.78 is 19.3. The number of carbonyl (C=O) groups is 1. The summed E-state index contributed by atoms with van der Waals surface area (Å²) in [6.07, 6.45) is 1.07. The number of hydrogen-bond donors (Lipinski definition) is 3. The number of amides is 1. The Balaban J connectivity index is 0.00000450. The maximum Gasteiger partial charge on any atom is 0.224 e. The summed E-state index contributed by atoms with van der Waals surface area (Å²) in [5.74, 6) is 0.466. The van der Waals surface area contributed by atoms with Crippen LogP contribution in [0.1, 0.15) is 32.3 Å². The van der Waals surface area contributed by atoms with Crippen LogP contribution in [0.25, 0.3) is 0 Å². The van der Waals surface area contributed by atoms with Crippen LogP contribution < -0.4 is 20.7 Å². The first-order valence-electron chi connectivity index (χ1n) is 9.76. The van der Waals surface area contributed by atoms with Crippen molar-refractivity contribution in [2.75, 3.05) is 18.9 Å². The Bertz CT molecular complexity index is 832. The Morgan fingerprint density at radius 1 is 1.17 bits per heavy atom. The van der Waals surface area contributed by atoms with Crippen molar-refractivity contribution in [3.8, 4) is 5.75 Å². The third-order valence-electron chi connectivity index (χ3n) is 4.09. The van der Waals surface area contributed by atoms with Crippen molar-refractivity contribution in [2.45, 2.75) is 39.3 Å². The van der Waals surface area contributed by atoms with Gasteiger partial charge in [0.1, 0.15) is 6.10 Å². The molecule has 0 aliphatic carbocycles. The lowest BCUT2D eigenvalue weighted by atomic mass is 10.2. The Morgan fingerprint density at radius 3 is 2.63 bits per heavy atom. The van der Waals surface area contributed by atoms with Crippen LogP contribution in [0.5, 0.6) is 5.75 Å². The fourth-order valence-electron chi connectivity index (χ4n) is 2.66. The van der Waals surface area contributed by atoms with E-state index in [1.54, 1.807) is 25.2 Å². The van der Waals surface area contributed by atoms with Crippen LogP contribution in [-0.2, 0) is 11.3 Å². The maximum absolute atomic E-state index is 13.7. The van der Waals surface area contributed by atoms with Crippen molar-refractivity contribution in [1.82, 2.24) is 10.6 Å². The average molecular weight is 528 g/mol. The third-order valence-corrected chi connectivity index (χ3v) is 4.09. The monoisotopic (exact) mass is 528 g/mol. The number of aliphatic imine (C=N–C) groups is 1. The predicted octanol–water partition coefficient (Wildman–Crippen LogP) is 4.31. The quantitative estimate of drug-likeness (QED) is 0.258. The van der Waals surface area contributed by atoms with Crippen LogP contribution in [0.2, 0.25) is 0 Å². The summed E-state index contributed by atoms with van der Waals surface area (Å²) in [7, 11) is 1.68. The van der Waals surface area contributed by atoms with Gasteiger partial charge >= 0.3 is 0 Å². The summed E-state index contributed by atoms with van der Waals surface area (Å²) in [6.45, 7) is 4.83. The second-order valence-electron chi connectivity index (χ2n) is 6.66. The van der Waals surface area contributed by atoms with Gasteiger partial charge in [-0.1, -0.05) is 31.2 Å². The van der Waals surface area contributed by atoms with Gasteiger partial charge in [-0.25, -0.2) is 4.39 Å². The molecule has 30 heavy (non-hydrogen) atoms. The van der Waals surface area contributed by atoms with Gasteiger partial charge in [0.05, 0.1) is 6.54 Å². The highest BCUT2D eigenvalue weighted by Gasteiger charge is 2.09. The van der Waals surface area contributed by atoms with E-state index in [1.165, 1.54) is 6.07 Å². The van der Waals surface area contributed by atoms with Gasteiger partial charge in [0, 0.05) is 25.7 Å². The molecule has 1 amide bonds. The van der Waals surface area contributed by atoms with E-state index in [2.05, 4.69) is 20.9 Å². The van der Waals surface area contributed by atoms with Crippen LogP contribution in [0.4, 0.5) is 10.1 Å². The molecule has 0 bridgehead atoms. The number of ether oxygens (including phenoxy) is 1. The van der Waals surface area contributed by atoms with Crippen molar-refractivity contribution < 1.29 is 13.9 Å². The molecule has 2 rings (SSSR count). The molecule has 1 atom stereocenters. The lowest BCUT2D eigenvalue weighted by Crippen LogP contribution is -2.41. The zero-order chi connectivity index (χ0) is 21.1. The lowest BCUT2D eigenvalue weighted by Gasteiger charge is -2.18. The molecule has 1 unspecified atom stereocenters. The maximum atomic E-state index is 13.7. The number of anilines is 1. The van der Waals surface area contributed by atoms with Crippen molar-refractivity contribution in [3.63, 3.8) is 0 Å². The summed E-state index contributed by atoms with van der Waals surface area (Å²) in [5, 5.41) is 9.28. The van der Waals surface area contributed by atoms with Gasteiger partial charge in [-0.2, -0.15) is 0 Å². The molecule has 0 spiro atoms. The Labute approximate surface area is 194 Å². The number of carbonyl (C=O) groups excluding carboxylic acids is 1. The number of nitrogens with zero attached hydrogens (tertiary/aromatic N) is 1. The largest absolute Gasteiger partial charge is 0.486 e. The van der Waals surface area contributed by atoms with E-state index in [9.17, 15) is 9.18 Å². The smallest absolute Gasteiger partial charge is 0.224 e. The van der Waals surface area contributed by atoms with Crippen LogP contribution in [0, 0.1) is 5.82 Å². The van der Waals surface area contributed by atoms with Gasteiger partial charge in [-0.3, -0.25) is 9.79 Å². The zero-order valence-corrected chi connectivity index (χ0v) is 19.9. The fourth-order valence-corrected chi connectivity index (χ4v) is 2.66. The molecule has 8 heteroatoms. The first-order chi connectivity index (χ1) is 14.0. The molecule has 164 valence electrons. The first kappa shape index (κ1) is 25.7. The van der Waals surface area contributed by atoms with E-state index in [4.69, 9.17) is 4.74 Å². The topological polar surface area (TPSA) is 74.8 Å². The molecule has 6 nitrogen and oxygen atoms in total. The van der Waals surface area contributed by atoms with E-state index < -0.39 is 0 Å². The van der Waals surface area contributed by atoms with E-state index in [1.807, 2.05) is 38.1 Å². The molecular weight excluding hydrogens is 498 g/mol. The molecule has 2 aromatic rings. The molecular formula is C22H30FIN4O2. The summed E-state index contributed by atoms with van der Waals surface area (Å²) in [6, 6.07) is 14.0. The number of hydrogen-bond acceptors (Lipinski definition) is 3. The molecule has 0 saturated heterocycles.